The van der Waals surface area contributed by atoms with E-state index in [1.807, 2.05) is 0 Å². The van der Waals surface area contributed by atoms with E-state index in [9.17, 15) is 12.8 Å². The van der Waals surface area contributed by atoms with Gasteiger partial charge in [0.05, 0.1) is 17.6 Å². The number of sulfone groups is 1. The molecule has 0 fully saturated rings. The Balaban J connectivity index is 2.11. The third-order valence-electron chi connectivity index (χ3n) is 3.01. The van der Waals surface area contributed by atoms with Gasteiger partial charge < -0.3 is 0 Å². The second-order valence-corrected chi connectivity index (χ2v) is 6.57. The Bertz CT molecular complexity index is 920. The van der Waals surface area contributed by atoms with Crippen molar-refractivity contribution in [1.82, 2.24) is 20.2 Å². The van der Waals surface area contributed by atoms with E-state index in [4.69, 9.17) is 0 Å². The van der Waals surface area contributed by atoms with Gasteiger partial charge in [0.1, 0.15) is 5.82 Å². The van der Waals surface area contributed by atoms with Crippen molar-refractivity contribution < 1.29 is 12.8 Å². The van der Waals surface area contributed by atoms with Gasteiger partial charge in [0.2, 0.25) is 15.0 Å². The molecule has 0 aliphatic rings. The Morgan fingerprint density at radius 2 is 1.86 bits per heavy atom. The van der Waals surface area contributed by atoms with E-state index >= 15 is 0 Å². The lowest BCUT2D eigenvalue weighted by molar-refractivity contribution is 0.593. The predicted octanol–water partition coefficient (Wildman–Crippen LogP) is 2.08. The molecule has 0 aliphatic heterocycles. The molecule has 6 nitrogen and oxygen atoms in total. The summed E-state index contributed by atoms with van der Waals surface area (Å²) in [7, 11) is -3.50. The molecule has 0 spiro atoms. The average molecular weight is 318 g/mol. The first-order chi connectivity index (χ1) is 10.4. The number of benzene rings is 1. The fourth-order valence-corrected chi connectivity index (χ4v) is 2.50. The van der Waals surface area contributed by atoms with Crippen LogP contribution in [0.4, 0.5) is 4.39 Å². The molecule has 22 heavy (non-hydrogen) atoms. The van der Waals surface area contributed by atoms with Gasteiger partial charge in [-0.15, -0.1) is 0 Å². The fourth-order valence-electron chi connectivity index (χ4n) is 1.99. The lowest BCUT2D eigenvalue weighted by Gasteiger charge is -2.04. The van der Waals surface area contributed by atoms with Crippen LogP contribution in [0, 0.1) is 5.82 Å². The van der Waals surface area contributed by atoms with Crippen molar-refractivity contribution in [3.63, 3.8) is 0 Å². The Labute approximate surface area is 126 Å². The molecule has 1 aromatic carbocycles. The number of aromatic nitrogens is 4. The zero-order valence-corrected chi connectivity index (χ0v) is 12.3. The smallest absolute Gasteiger partial charge is 0.247 e. The van der Waals surface area contributed by atoms with Crippen LogP contribution in [0.3, 0.4) is 0 Å². The molecule has 0 aliphatic carbocycles. The highest BCUT2D eigenvalue weighted by Gasteiger charge is 2.15. The Hall–Kier alpha value is -2.61. The zero-order valence-electron chi connectivity index (χ0n) is 11.5. The molecular weight excluding hydrogens is 307 g/mol. The lowest BCUT2D eigenvalue weighted by Crippen LogP contribution is -2.04. The maximum Gasteiger partial charge on any atom is 0.247 e. The van der Waals surface area contributed by atoms with Gasteiger partial charge >= 0.3 is 0 Å². The first-order valence-electron chi connectivity index (χ1n) is 6.28. The van der Waals surface area contributed by atoms with Gasteiger partial charge in [-0.3, -0.25) is 5.10 Å². The molecule has 0 unspecified atom stereocenters. The van der Waals surface area contributed by atoms with Crippen LogP contribution in [0.1, 0.15) is 0 Å². The highest BCUT2D eigenvalue weighted by Crippen LogP contribution is 2.29. The van der Waals surface area contributed by atoms with Crippen molar-refractivity contribution >= 4 is 9.84 Å². The van der Waals surface area contributed by atoms with E-state index in [2.05, 4.69) is 20.2 Å². The molecule has 2 heterocycles. The number of hydrogen-bond donors (Lipinski definition) is 1. The van der Waals surface area contributed by atoms with Crippen molar-refractivity contribution in [3.05, 3.63) is 48.5 Å². The van der Waals surface area contributed by atoms with Crippen molar-refractivity contribution in [3.8, 4) is 22.5 Å². The molecule has 0 saturated heterocycles. The summed E-state index contributed by atoms with van der Waals surface area (Å²) in [5.41, 5.74) is 2.37. The monoisotopic (exact) mass is 318 g/mol. The average Bonchev–Trinajstić information content (AvgIpc) is 2.97. The van der Waals surface area contributed by atoms with Crippen LogP contribution in [0.25, 0.3) is 22.5 Å². The van der Waals surface area contributed by atoms with E-state index < -0.39 is 9.84 Å². The standard InChI is InChI=1S/C14H11FN4O2S/c1-22(20,21)14-16-7-6-12(18-14)11-8-17-19-13(11)9-2-4-10(15)5-3-9/h2-8H,1H3,(H,17,19). The van der Waals surface area contributed by atoms with Crippen LogP contribution >= 0.6 is 0 Å². The number of hydrogen-bond acceptors (Lipinski definition) is 5. The maximum absolute atomic E-state index is 13.0. The van der Waals surface area contributed by atoms with Gasteiger partial charge in [0, 0.05) is 23.6 Å². The SMILES string of the molecule is CS(=O)(=O)c1nccc(-c2cn[nH]c2-c2ccc(F)cc2)n1. The summed E-state index contributed by atoms with van der Waals surface area (Å²) in [5, 5.41) is 6.52. The van der Waals surface area contributed by atoms with Crippen LogP contribution in [0.5, 0.6) is 0 Å². The first kappa shape index (κ1) is 14.3. The second kappa shape index (κ2) is 5.30. The number of halogens is 1. The Kier molecular flexibility index (Phi) is 3.45. The molecule has 2 aromatic heterocycles. The van der Waals surface area contributed by atoms with Crippen LogP contribution in [-0.2, 0) is 9.84 Å². The largest absolute Gasteiger partial charge is 0.277 e. The van der Waals surface area contributed by atoms with Crippen LogP contribution in [-0.4, -0.2) is 34.8 Å². The summed E-state index contributed by atoms with van der Waals surface area (Å²) in [4.78, 5) is 7.81. The minimum atomic E-state index is -3.50. The summed E-state index contributed by atoms with van der Waals surface area (Å²) >= 11 is 0. The van der Waals surface area contributed by atoms with Gasteiger partial charge in [0.25, 0.3) is 0 Å². The van der Waals surface area contributed by atoms with Crippen molar-refractivity contribution in [1.29, 1.82) is 0 Å². The highest BCUT2D eigenvalue weighted by atomic mass is 32.2. The Morgan fingerprint density at radius 1 is 1.14 bits per heavy atom. The molecule has 8 heteroatoms. The van der Waals surface area contributed by atoms with Crippen molar-refractivity contribution in [2.24, 2.45) is 0 Å². The van der Waals surface area contributed by atoms with Crippen LogP contribution in [0.2, 0.25) is 0 Å². The van der Waals surface area contributed by atoms with Gasteiger partial charge in [-0.25, -0.2) is 22.8 Å². The molecule has 0 atom stereocenters. The molecular formula is C14H11FN4O2S. The van der Waals surface area contributed by atoms with E-state index in [1.54, 1.807) is 18.2 Å². The number of aromatic amines is 1. The fraction of sp³-hybridized carbons (Fsp3) is 0.0714. The van der Waals surface area contributed by atoms with Crippen molar-refractivity contribution in [2.45, 2.75) is 5.16 Å². The molecule has 0 bridgehead atoms. The minimum Gasteiger partial charge on any atom is -0.277 e. The number of rotatable bonds is 3. The van der Waals surface area contributed by atoms with Gasteiger partial charge in [-0.1, -0.05) is 0 Å². The van der Waals surface area contributed by atoms with E-state index in [0.29, 0.717) is 22.5 Å². The van der Waals surface area contributed by atoms with E-state index in [1.165, 1.54) is 24.5 Å². The summed E-state index contributed by atoms with van der Waals surface area (Å²) in [6.45, 7) is 0. The van der Waals surface area contributed by atoms with Gasteiger partial charge in [0.15, 0.2) is 0 Å². The molecule has 3 rings (SSSR count). The summed E-state index contributed by atoms with van der Waals surface area (Å²) in [6, 6.07) is 7.46. The molecule has 112 valence electrons. The van der Waals surface area contributed by atoms with E-state index in [-0.39, 0.29) is 11.0 Å². The zero-order chi connectivity index (χ0) is 15.7. The van der Waals surface area contributed by atoms with Gasteiger partial charge in [-0.2, -0.15) is 5.10 Å². The maximum atomic E-state index is 13.0. The first-order valence-corrected chi connectivity index (χ1v) is 8.17. The van der Waals surface area contributed by atoms with E-state index in [0.717, 1.165) is 6.26 Å². The molecule has 0 amide bonds. The number of nitrogens with one attached hydrogen (secondary N) is 1. The topological polar surface area (TPSA) is 88.6 Å². The number of nitrogens with zero attached hydrogens (tertiary/aromatic N) is 3. The summed E-state index contributed by atoms with van der Waals surface area (Å²) < 4.78 is 36.1. The Morgan fingerprint density at radius 3 is 2.55 bits per heavy atom. The number of H-pyrrole nitrogens is 1. The third kappa shape index (κ3) is 2.73. The predicted molar refractivity (Wildman–Crippen MR) is 78.1 cm³/mol. The normalized spacial score (nSPS) is 11.5. The van der Waals surface area contributed by atoms with Crippen molar-refractivity contribution in [2.75, 3.05) is 6.26 Å². The molecule has 3 aromatic rings. The highest BCUT2D eigenvalue weighted by molar-refractivity contribution is 7.90. The minimum absolute atomic E-state index is 0.253. The molecule has 0 saturated carbocycles. The summed E-state index contributed by atoms with van der Waals surface area (Å²) in [6.07, 6.45) is 3.95. The molecule has 1 N–H and O–H groups in total. The third-order valence-corrected chi connectivity index (χ3v) is 3.87. The lowest BCUT2D eigenvalue weighted by atomic mass is 10.1. The quantitative estimate of drug-likeness (QED) is 0.747. The summed E-state index contributed by atoms with van der Waals surface area (Å²) in [5.74, 6) is -0.341. The van der Waals surface area contributed by atoms with Gasteiger partial charge in [-0.05, 0) is 30.3 Å². The van der Waals surface area contributed by atoms with Crippen LogP contribution in [0.15, 0.2) is 47.9 Å². The second-order valence-electron chi connectivity index (χ2n) is 4.66. The molecule has 0 radical (unpaired) electrons. The van der Waals surface area contributed by atoms with Crippen LogP contribution < -0.4 is 0 Å².